The summed E-state index contributed by atoms with van der Waals surface area (Å²) in [5.74, 6) is -0.974. The lowest BCUT2D eigenvalue weighted by molar-refractivity contribution is -0.141. The van der Waals surface area contributed by atoms with Gasteiger partial charge in [-0.05, 0) is 25.1 Å². The molecular weight excluding hydrogens is 257 g/mol. The molecule has 1 N–H and O–H groups in total. The van der Waals surface area contributed by atoms with Crippen LogP contribution < -0.4 is 5.32 Å². The van der Waals surface area contributed by atoms with Crippen molar-refractivity contribution in [3.8, 4) is 0 Å². The first-order valence-electron chi connectivity index (χ1n) is 6.27. The van der Waals surface area contributed by atoms with Crippen LogP contribution in [0.1, 0.15) is 17.2 Å². The third-order valence-electron chi connectivity index (χ3n) is 3.02. The van der Waals surface area contributed by atoms with Crippen molar-refractivity contribution in [3.05, 3.63) is 65.5 Å². The van der Waals surface area contributed by atoms with Gasteiger partial charge in [0.05, 0.1) is 7.11 Å². The Morgan fingerprint density at radius 2 is 1.80 bits per heavy atom. The zero-order chi connectivity index (χ0) is 14.5. The molecule has 0 spiro atoms. The highest BCUT2D eigenvalue weighted by Crippen LogP contribution is 2.23. The van der Waals surface area contributed by atoms with E-state index in [0.717, 1.165) is 11.3 Å². The molecular formula is C16H16FNO2. The number of aryl methyl sites for hydroxylation is 1. The Kier molecular flexibility index (Phi) is 4.35. The number of hydrogen-bond donors (Lipinski definition) is 1. The average Bonchev–Trinajstić information content (AvgIpc) is 2.47. The van der Waals surface area contributed by atoms with Crippen LogP contribution in [0.4, 0.5) is 10.1 Å². The van der Waals surface area contributed by atoms with Crippen molar-refractivity contribution in [3.63, 3.8) is 0 Å². The number of benzene rings is 2. The van der Waals surface area contributed by atoms with E-state index in [2.05, 4.69) is 5.32 Å². The molecule has 0 radical (unpaired) electrons. The largest absolute Gasteiger partial charge is 0.467 e. The number of carbonyl (C=O) groups excluding carboxylic acids is 1. The summed E-state index contributed by atoms with van der Waals surface area (Å²) >= 11 is 0. The lowest BCUT2D eigenvalue weighted by atomic mass is 10.1. The van der Waals surface area contributed by atoms with Crippen LogP contribution >= 0.6 is 0 Å². The fourth-order valence-electron chi connectivity index (χ4n) is 1.91. The molecule has 1 atom stereocenters. The molecule has 3 nitrogen and oxygen atoms in total. The smallest absolute Gasteiger partial charge is 0.333 e. The molecule has 0 aliphatic carbocycles. The van der Waals surface area contributed by atoms with Gasteiger partial charge in [-0.25, -0.2) is 9.18 Å². The van der Waals surface area contributed by atoms with Gasteiger partial charge < -0.3 is 10.1 Å². The fraction of sp³-hybridized carbons (Fsp3) is 0.188. The normalized spacial score (nSPS) is 11.8. The Hall–Kier alpha value is -2.36. The Morgan fingerprint density at radius 1 is 1.15 bits per heavy atom. The van der Waals surface area contributed by atoms with E-state index in [1.165, 1.54) is 13.2 Å². The number of anilines is 1. The molecule has 0 heterocycles. The second-order valence-electron chi connectivity index (χ2n) is 4.49. The predicted molar refractivity (Wildman–Crippen MR) is 76.0 cm³/mol. The molecule has 0 fully saturated rings. The van der Waals surface area contributed by atoms with Crippen LogP contribution in [-0.2, 0) is 9.53 Å². The van der Waals surface area contributed by atoms with Crippen LogP contribution in [-0.4, -0.2) is 13.1 Å². The Bertz CT molecular complexity index is 596. The number of ether oxygens (including phenoxy) is 1. The molecule has 0 saturated carbocycles. The van der Waals surface area contributed by atoms with E-state index in [-0.39, 0.29) is 5.56 Å². The summed E-state index contributed by atoms with van der Waals surface area (Å²) in [6, 6.07) is 12.8. The molecule has 104 valence electrons. The van der Waals surface area contributed by atoms with Gasteiger partial charge in [-0.3, -0.25) is 0 Å². The van der Waals surface area contributed by atoms with Crippen LogP contribution in [0.2, 0.25) is 0 Å². The standard InChI is InChI=1S/C16H16FNO2/c1-11-7-9-12(10-8-11)18-15(16(19)20-2)13-5-3-4-6-14(13)17/h3-10,15,18H,1-2H3. The SMILES string of the molecule is COC(=O)C(Nc1ccc(C)cc1)c1ccccc1F. The molecule has 2 aromatic rings. The van der Waals surface area contributed by atoms with Gasteiger partial charge in [0.15, 0.2) is 6.04 Å². The van der Waals surface area contributed by atoms with E-state index in [0.29, 0.717) is 0 Å². The van der Waals surface area contributed by atoms with Gasteiger partial charge in [0, 0.05) is 11.3 Å². The van der Waals surface area contributed by atoms with Gasteiger partial charge in [0.1, 0.15) is 5.82 Å². The first kappa shape index (κ1) is 14.1. The van der Waals surface area contributed by atoms with Gasteiger partial charge in [-0.2, -0.15) is 0 Å². The lowest BCUT2D eigenvalue weighted by Gasteiger charge is -2.18. The summed E-state index contributed by atoms with van der Waals surface area (Å²) < 4.78 is 18.6. The summed E-state index contributed by atoms with van der Waals surface area (Å²) in [6.45, 7) is 1.97. The second kappa shape index (κ2) is 6.19. The number of methoxy groups -OCH3 is 1. The minimum Gasteiger partial charge on any atom is -0.467 e. The summed E-state index contributed by atoms with van der Waals surface area (Å²) in [6.07, 6.45) is 0. The first-order chi connectivity index (χ1) is 9.61. The molecule has 20 heavy (non-hydrogen) atoms. The number of esters is 1. The summed E-state index contributed by atoms with van der Waals surface area (Å²) in [4.78, 5) is 11.9. The molecule has 1 unspecified atom stereocenters. The highest BCUT2D eigenvalue weighted by Gasteiger charge is 2.24. The molecule has 0 aliphatic rings. The van der Waals surface area contributed by atoms with Gasteiger partial charge in [0.2, 0.25) is 0 Å². The van der Waals surface area contributed by atoms with E-state index in [9.17, 15) is 9.18 Å². The van der Waals surface area contributed by atoms with Crippen molar-refractivity contribution in [1.82, 2.24) is 0 Å². The lowest BCUT2D eigenvalue weighted by Crippen LogP contribution is -2.23. The molecule has 0 saturated heterocycles. The van der Waals surface area contributed by atoms with Crippen LogP contribution in [0.15, 0.2) is 48.5 Å². The van der Waals surface area contributed by atoms with Crippen LogP contribution in [0.25, 0.3) is 0 Å². The summed E-state index contributed by atoms with van der Waals surface area (Å²) in [7, 11) is 1.28. The zero-order valence-corrected chi connectivity index (χ0v) is 11.4. The predicted octanol–water partition coefficient (Wildman–Crippen LogP) is 3.46. The number of rotatable bonds is 4. The molecule has 0 amide bonds. The second-order valence-corrected chi connectivity index (χ2v) is 4.49. The number of halogens is 1. The van der Waals surface area contributed by atoms with Gasteiger partial charge in [0.25, 0.3) is 0 Å². The molecule has 0 aliphatic heterocycles. The van der Waals surface area contributed by atoms with Crippen LogP contribution in [0.5, 0.6) is 0 Å². The monoisotopic (exact) mass is 273 g/mol. The van der Waals surface area contributed by atoms with Crippen LogP contribution in [0, 0.1) is 12.7 Å². The van der Waals surface area contributed by atoms with Gasteiger partial charge in [-0.1, -0.05) is 35.9 Å². The highest BCUT2D eigenvalue weighted by atomic mass is 19.1. The van der Waals surface area contributed by atoms with Crippen molar-refractivity contribution in [2.45, 2.75) is 13.0 Å². The van der Waals surface area contributed by atoms with E-state index in [1.54, 1.807) is 18.2 Å². The third-order valence-corrected chi connectivity index (χ3v) is 3.02. The maximum atomic E-state index is 13.9. The average molecular weight is 273 g/mol. The number of hydrogen-bond acceptors (Lipinski definition) is 3. The Labute approximate surface area is 117 Å². The molecule has 2 rings (SSSR count). The van der Waals surface area contributed by atoms with E-state index >= 15 is 0 Å². The maximum absolute atomic E-state index is 13.9. The zero-order valence-electron chi connectivity index (χ0n) is 11.4. The topological polar surface area (TPSA) is 38.3 Å². The minimum absolute atomic E-state index is 0.264. The Morgan fingerprint density at radius 3 is 2.40 bits per heavy atom. The molecule has 0 aromatic heterocycles. The molecule has 4 heteroatoms. The Balaban J connectivity index is 2.31. The summed E-state index contributed by atoms with van der Waals surface area (Å²) in [5.41, 5.74) is 2.10. The first-order valence-corrected chi connectivity index (χ1v) is 6.27. The van der Waals surface area contributed by atoms with Gasteiger partial charge in [-0.15, -0.1) is 0 Å². The highest BCUT2D eigenvalue weighted by molar-refractivity contribution is 5.81. The van der Waals surface area contributed by atoms with E-state index in [1.807, 2.05) is 31.2 Å². The van der Waals surface area contributed by atoms with E-state index in [4.69, 9.17) is 4.74 Å². The quantitative estimate of drug-likeness (QED) is 0.867. The van der Waals surface area contributed by atoms with Crippen molar-refractivity contribution < 1.29 is 13.9 Å². The van der Waals surface area contributed by atoms with Crippen LogP contribution in [0.3, 0.4) is 0 Å². The van der Waals surface area contributed by atoms with Gasteiger partial charge >= 0.3 is 5.97 Å². The van der Waals surface area contributed by atoms with Crippen molar-refractivity contribution in [2.75, 3.05) is 12.4 Å². The van der Waals surface area contributed by atoms with Crippen molar-refractivity contribution in [2.24, 2.45) is 0 Å². The minimum atomic E-state index is -0.871. The number of carbonyl (C=O) groups is 1. The van der Waals surface area contributed by atoms with Crippen molar-refractivity contribution >= 4 is 11.7 Å². The van der Waals surface area contributed by atoms with E-state index < -0.39 is 17.8 Å². The molecule has 0 bridgehead atoms. The molecule has 2 aromatic carbocycles. The van der Waals surface area contributed by atoms with Crippen molar-refractivity contribution in [1.29, 1.82) is 0 Å². The number of nitrogens with one attached hydrogen (secondary N) is 1. The third kappa shape index (κ3) is 3.15. The fourth-order valence-corrected chi connectivity index (χ4v) is 1.91. The summed E-state index contributed by atoms with van der Waals surface area (Å²) in [5, 5.41) is 3.00. The maximum Gasteiger partial charge on any atom is 0.333 e.